The number of aromatic nitrogens is 2. The Hall–Kier alpha value is -1.66. The van der Waals surface area contributed by atoms with Crippen LogP contribution in [0.25, 0.3) is 10.2 Å². The molecule has 0 aliphatic rings. The maximum absolute atomic E-state index is 5.91. The molecule has 6 heteroatoms. The molecule has 110 valence electrons. The zero-order valence-electron chi connectivity index (χ0n) is 12.3. The van der Waals surface area contributed by atoms with Crippen LogP contribution < -0.4 is 10.6 Å². The third kappa shape index (κ3) is 2.87. The van der Waals surface area contributed by atoms with E-state index in [0.717, 1.165) is 22.6 Å². The number of rotatable bonds is 4. The van der Waals surface area contributed by atoms with Crippen molar-refractivity contribution in [2.24, 2.45) is 0 Å². The topological polar surface area (TPSA) is 55.0 Å². The molecule has 0 aromatic carbocycles. The van der Waals surface area contributed by atoms with Crippen molar-refractivity contribution in [1.82, 2.24) is 9.97 Å². The lowest BCUT2D eigenvalue weighted by Gasteiger charge is -2.28. The van der Waals surface area contributed by atoms with Gasteiger partial charge in [0.1, 0.15) is 10.6 Å². The molecule has 0 saturated heterocycles. The summed E-state index contributed by atoms with van der Waals surface area (Å²) in [5, 5.41) is 3.20. The summed E-state index contributed by atoms with van der Waals surface area (Å²) in [7, 11) is 0. The van der Waals surface area contributed by atoms with Gasteiger partial charge in [0.2, 0.25) is 5.95 Å². The van der Waals surface area contributed by atoms with Gasteiger partial charge in [-0.3, -0.25) is 0 Å². The number of nitrogen functional groups attached to an aromatic ring is 1. The van der Waals surface area contributed by atoms with Crippen LogP contribution in [-0.4, -0.2) is 16.0 Å². The van der Waals surface area contributed by atoms with E-state index in [-0.39, 0.29) is 0 Å². The molecule has 0 fully saturated rings. The van der Waals surface area contributed by atoms with Crippen molar-refractivity contribution in [2.75, 3.05) is 10.6 Å². The van der Waals surface area contributed by atoms with Crippen LogP contribution in [0.3, 0.4) is 0 Å². The van der Waals surface area contributed by atoms with Crippen LogP contribution in [-0.2, 0) is 6.54 Å². The number of aryl methyl sites for hydroxylation is 1. The van der Waals surface area contributed by atoms with Gasteiger partial charge in [0.25, 0.3) is 0 Å². The Labute approximate surface area is 132 Å². The molecule has 0 saturated carbocycles. The molecule has 3 rings (SSSR count). The molecule has 0 unspecified atom stereocenters. The minimum absolute atomic E-state index is 0.338. The molecule has 3 heterocycles. The highest BCUT2D eigenvalue weighted by molar-refractivity contribution is 7.18. The molecule has 0 atom stereocenters. The zero-order valence-corrected chi connectivity index (χ0v) is 14.0. The number of nitrogens with zero attached hydrogens (tertiary/aromatic N) is 3. The second kappa shape index (κ2) is 5.61. The van der Waals surface area contributed by atoms with E-state index in [1.165, 1.54) is 9.75 Å². The van der Waals surface area contributed by atoms with Gasteiger partial charge >= 0.3 is 0 Å². The highest BCUT2D eigenvalue weighted by atomic mass is 32.1. The first-order valence-electron chi connectivity index (χ1n) is 6.87. The summed E-state index contributed by atoms with van der Waals surface area (Å²) >= 11 is 3.43. The minimum Gasteiger partial charge on any atom is -0.368 e. The molecule has 2 N–H and O–H groups in total. The summed E-state index contributed by atoms with van der Waals surface area (Å²) in [5.41, 5.74) is 5.91. The van der Waals surface area contributed by atoms with Crippen molar-refractivity contribution in [3.05, 3.63) is 33.3 Å². The number of fused-ring (bicyclic) bond motifs is 1. The van der Waals surface area contributed by atoms with Crippen LogP contribution in [0.2, 0.25) is 0 Å². The molecule has 4 nitrogen and oxygen atoms in total. The van der Waals surface area contributed by atoms with Gasteiger partial charge in [-0.15, -0.1) is 22.7 Å². The molecule has 21 heavy (non-hydrogen) atoms. The van der Waals surface area contributed by atoms with Crippen molar-refractivity contribution in [3.63, 3.8) is 0 Å². The van der Waals surface area contributed by atoms with Gasteiger partial charge in [-0.05, 0) is 38.3 Å². The smallest absolute Gasteiger partial charge is 0.223 e. The zero-order chi connectivity index (χ0) is 15.0. The van der Waals surface area contributed by atoms with Gasteiger partial charge in [-0.2, -0.15) is 4.98 Å². The lowest BCUT2D eigenvalue weighted by molar-refractivity contribution is 0.680. The Balaban J connectivity index is 2.10. The Bertz CT molecular complexity index is 746. The number of anilines is 2. The van der Waals surface area contributed by atoms with E-state index in [2.05, 4.69) is 59.2 Å². The largest absolute Gasteiger partial charge is 0.368 e. The molecule has 0 aliphatic carbocycles. The fraction of sp³-hybridized carbons (Fsp3) is 0.333. The Morgan fingerprint density at radius 3 is 2.81 bits per heavy atom. The van der Waals surface area contributed by atoms with Crippen LogP contribution in [0, 0.1) is 6.92 Å². The van der Waals surface area contributed by atoms with Crippen molar-refractivity contribution in [2.45, 2.75) is 33.4 Å². The summed E-state index contributed by atoms with van der Waals surface area (Å²) < 4.78 is 0. The highest BCUT2D eigenvalue weighted by Crippen LogP contribution is 2.33. The predicted molar refractivity (Wildman–Crippen MR) is 92.2 cm³/mol. The first-order valence-corrected chi connectivity index (χ1v) is 8.57. The third-order valence-corrected chi connectivity index (χ3v) is 5.12. The summed E-state index contributed by atoms with van der Waals surface area (Å²) in [6.45, 7) is 7.29. The lowest BCUT2D eigenvalue weighted by atomic mass is 10.2. The molecule has 0 radical (unpaired) electrons. The Morgan fingerprint density at radius 1 is 1.33 bits per heavy atom. The molecule has 3 aromatic heterocycles. The van der Waals surface area contributed by atoms with Gasteiger partial charge in [0.15, 0.2) is 0 Å². The van der Waals surface area contributed by atoms with Crippen molar-refractivity contribution < 1.29 is 0 Å². The molecular weight excluding hydrogens is 300 g/mol. The number of hydrogen-bond acceptors (Lipinski definition) is 6. The standard InChI is InChI=1S/C15H18N4S2/c1-9(2)19(8-11-5-4-6-20-11)13-12-7-10(3)21-14(12)18-15(16)17-13/h4-7,9H,8H2,1-3H3,(H2,16,17,18). The van der Waals surface area contributed by atoms with Crippen LogP contribution >= 0.6 is 22.7 Å². The first-order chi connectivity index (χ1) is 10.0. The second-order valence-electron chi connectivity index (χ2n) is 5.28. The maximum atomic E-state index is 5.91. The second-order valence-corrected chi connectivity index (χ2v) is 7.55. The van der Waals surface area contributed by atoms with E-state index in [0.29, 0.717) is 12.0 Å². The third-order valence-electron chi connectivity index (χ3n) is 3.31. The van der Waals surface area contributed by atoms with E-state index in [1.54, 1.807) is 22.7 Å². The highest BCUT2D eigenvalue weighted by Gasteiger charge is 2.19. The molecule has 0 amide bonds. The monoisotopic (exact) mass is 318 g/mol. The van der Waals surface area contributed by atoms with E-state index < -0.39 is 0 Å². The van der Waals surface area contributed by atoms with Crippen LogP contribution in [0.15, 0.2) is 23.6 Å². The normalized spacial score (nSPS) is 11.4. The predicted octanol–water partition coefficient (Wildman–Crippen LogP) is 4.06. The van der Waals surface area contributed by atoms with Gasteiger partial charge in [-0.25, -0.2) is 4.98 Å². The number of thiophene rings is 2. The summed E-state index contributed by atoms with van der Waals surface area (Å²) in [6.07, 6.45) is 0. The molecule has 0 bridgehead atoms. The van der Waals surface area contributed by atoms with Gasteiger partial charge in [0, 0.05) is 15.8 Å². The molecule has 0 spiro atoms. The Morgan fingerprint density at radius 2 is 2.14 bits per heavy atom. The maximum Gasteiger partial charge on any atom is 0.223 e. The van der Waals surface area contributed by atoms with Crippen LogP contribution in [0.5, 0.6) is 0 Å². The summed E-state index contributed by atoms with van der Waals surface area (Å²) in [4.78, 5) is 14.7. The average Bonchev–Trinajstić information content (AvgIpc) is 3.03. The fourth-order valence-corrected chi connectivity index (χ4v) is 3.92. The van der Waals surface area contributed by atoms with E-state index in [4.69, 9.17) is 5.73 Å². The van der Waals surface area contributed by atoms with E-state index >= 15 is 0 Å². The van der Waals surface area contributed by atoms with Crippen LogP contribution in [0.1, 0.15) is 23.6 Å². The fourth-order valence-electron chi connectivity index (χ4n) is 2.33. The molecule has 3 aromatic rings. The van der Waals surface area contributed by atoms with Crippen molar-refractivity contribution in [1.29, 1.82) is 0 Å². The first kappa shape index (κ1) is 14.3. The SMILES string of the molecule is Cc1cc2c(N(Cc3cccs3)C(C)C)nc(N)nc2s1. The Kier molecular flexibility index (Phi) is 3.82. The van der Waals surface area contributed by atoms with Gasteiger partial charge in [-0.1, -0.05) is 6.07 Å². The number of hydrogen-bond donors (Lipinski definition) is 1. The van der Waals surface area contributed by atoms with Gasteiger partial charge in [0.05, 0.1) is 11.9 Å². The van der Waals surface area contributed by atoms with E-state index in [9.17, 15) is 0 Å². The average molecular weight is 318 g/mol. The van der Waals surface area contributed by atoms with Crippen LogP contribution in [0.4, 0.5) is 11.8 Å². The molecular formula is C15H18N4S2. The van der Waals surface area contributed by atoms with Gasteiger partial charge < -0.3 is 10.6 Å². The number of nitrogens with two attached hydrogens (primary N) is 1. The summed E-state index contributed by atoms with van der Waals surface area (Å²) in [5.74, 6) is 1.28. The quantitative estimate of drug-likeness (QED) is 0.788. The molecule has 0 aliphatic heterocycles. The summed E-state index contributed by atoms with van der Waals surface area (Å²) in [6, 6.07) is 6.72. The minimum atomic E-state index is 0.338. The van der Waals surface area contributed by atoms with Crippen molar-refractivity contribution >= 4 is 44.7 Å². The van der Waals surface area contributed by atoms with E-state index in [1.807, 2.05) is 0 Å². The van der Waals surface area contributed by atoms with Crippen molar-refractivity contribution in [3.8, 4) is 0 Å². The lowest BCUT2D eigenvalue weighted by Crippen LogP contribution is -2.31.